The van der Waals surface area contributed by atoms with Crippen LogP contribution < -0.4 is 5.32 Å². The Labute approximate surface area is 133 Å². The molecule has 21 heavy (non-hydrogen) atoms. The third kappa shape index (κ3) is 3.17. The molecule has 1 aromatic rings. The van der Waals surface area contributed by atoms with Crippen LogP contribution >= 0.6 is 15.9 Å². The fourth-order valence-electron chi connectivity index (χ4n) is 3.50. The van der Waals surface area contributed by atoms with Crippen LogP contribution in [0.2, 0.25) is 0 Å². The van der Waals surface area contributed by atoms with E-state index in [4.69, 9.17) is 9.15 Å². The zero-order valence-corrected chi connectivity index (χ0v) is 13.8. The van der Waals surface area contributed by atoms with E-state index in [-0.39, 0.29) is 11.9 Å². The van der Waals surface area contributed by atoms with Crippen molar-refractivity contribution in [2.24, 2.45) is 0 Å². The van der Waals surface area contributed by atoms with Crippen molar-refractivity contribution in [3.63, 3.8) is 0 Å². The molecule has 116 valence electrons. The van der Waals surface area contributed by atoms with Crippen LogP contribution in [0, 0.1) is 0 Å². The first-order chi connectivity index (χ1) is 10.2. The van der Waals surface area contributed by atoms with Gasteiger partial charge in [-0.2, -0.15) is 0 Å². The number of rotatable bonds is 4. The highest BCUT2D eigenvalue weighted by Crippen LogP contribution is 2.28. The predicted molar refractivity (Wildman–Crippen MR) is 82.3 cm³/mol. The quantitative estimate of drug-likeness (QED) is 0.899. The normalized spacial score (nSPS) is 29.9. The highest BCUT2D eigenvalue weighted by molar-refractivity contribution is 9.10. The van der Waals surface area contributed by atoms with Crippen molar-refractivity contribution in [1.82, 2.24) is 10.2 Å². The summed E-state index contributed by atoms with van der Waals surface area (Å²) in [5, 5.41) is 3.17. The Kier molecular flexibility index (Phi) is 4.66. The topological polar surface area (TPSA) is 54.7 Å². The molecule has 0 bridgehead atoms. The Hall–Kier alpha value is -0.850. The molecule has 1 aromatic heterocycles. The standard InChI is InChI=1S/C15H21BrN2O3/c1-20-10-5-7-18(9-10)13-4-2-3-12(13)17-15(19)11-6-8-21-14(11)16/h6,8,10,12-13H,2-5,7,9H2,1H3,(H,17,19)/t10?,12-,13+/m1/s1. The van der Waals surface area contributed by atoms with Crippen molar-refractivity contribution in [3.05, 3.63) is 22.6 Å². The van der Waals surface area contributed by atoms with Crippen molar-refractivity contribution in [1.29, 1.82) is 0 Å². The van der Waals surface area contributed by atoms with Crippen LogP contribution in [0.1, 0.15) is 36.0 Å². The molecule has 2 aliphatic rings. The molecule has 3 atom stereocenters. The van der Waals surface area contributed by atoms with Gasteiger partial charge in [0.15, 0.2) is 4.67 Å². The van der Waals surface area contributed by atoms with Gasteiger partial charge in [-0.05, 0) is 47.7 Å². The summed E-state index contributed by atoms with van der Waals surface area (Å²) in [4.78, 5) is 14.8. The second-order valence-corrected chi connectivity index (χ2v) is 6.55. The van der Waals surface area contributed by atoms with E-state index in [1.54, 1.807) is 13.2 Å². The zero-order valence-electron chi connectivity index (χ0n) is 12.2. The van der Waals surface area contributed by atoms with E-state index in [9.17, 15) is 4.79 Å². The Morgan fingerprint density at radius 1 is 1.48 bits per heavy atom. The number of nitrogens with one attached hydrogen (secondary N) is 1. The third-order valence-corrected chi connectivity index (χ3v) is 5.25. The maximum absolute atomic E-state index is 12.3. The summed E-state index contributed by atoms with van der Waals surface area (Å²) in [7, 11) is 1.78. The average molecular weight is 357 g/mol. The van der Waals surface area contributed by atoms with E-state index in [1.807, 2.05) is 0 Å². The number of hydrogen-bond donors (Lipinski definition) is 1. The van der Waals surface area contributed by atoms with Crippen molar-refractivity contribution in [2.45, 2.75) is 43.9 Å². The highest BCUT2D eigenvalue weighted by atomic mass is 79.9. The molecule has 0 radical (unpaired) electrons. The SMILES string of the molecule is COC1CCN([C@H]2CCC[C@H]2NC(=O)c2ccoc2Br)C1. The summed E-state index contributed by atoms with van der Waals surface area (Å²) in [6.45, 7) is 2.04. The Balaban J connectivity index is 1.62. The molecule has 3 rings (SSSR count). The van der Waals surface area contributed by atoms with Gasteiger partial charge in [0.05, 0.1) is 17.9 Å². The summed E-state index contributed by atoms with van der Waals surface area (Å²) >= 11 is 3.26. The fraction of sp³-hybridized carbons (Fsp3) is 0.667. The van der Waals surface area contributed by atoms with Crippen molar-refractivity contribution in [3.8, 4) is 0 Å². The second-order valence-electron chi connectivity index (χ2n) is 5.83. The van der Waals surface area contributed by atoms with Crippen LogP contribution in [0.25, 0.3) is 0 Å². The summed E-state index contributed by atoms with van der Waals surface area (Å²) in [6.07, 6.45) is 6.30. The molecule has 1 aliphatic heterocycles. The molecule has 1 N–H and O–H groups in total. The highest BCUT2D eigenvalue weighted by Gasteiger charge is 2.37. The number of likely N-dealkylation sites (tertiary alicyclic amines) is 1. The van der Waals surface area contributed by atoms with Gasteiger partial charge >= 0.3 is 0 Å². The molecule has 1 aliphatic carbocycles. The first kappa shape index (κ1) is 15.1. The van der Waals surface area contributed by atoms with Gasteiger partial charge in [-0.1, -0.05) is 0 Å². The number of carbonyl (C=O) groups excluding carboxylic acids is 1. The minimum absolute atomic E-state index is 0.0602. The molecular formula is C15H21BrN2O3. The van der Waals surface area contributed by atoms with Gasteiger partial charge in [-0.25, -0.2) is 0 Å². The van der Waals surface area contributed by atoms with Crippen molar-refractivity contribution in [2.75, 3.05) is 20.2 Å². The van der Waals surface area contributed by atoms with Crippen LogP contribution in [0.3, 0.4) is 0 Å². The van der Waals surface area contributed by atoms with Crippen molar-refractivity contribution < 1.29 is 13.9 Å². The first-order valence-electron chi connectivity index (χ1n) is 7.49. The summed E-state index contributed by atoms with van der Waals surface area (Å²) in [5.74, 6) is -0.0602. The van der Waals surface area contributed by atoms with Gasteiger partial charge < -0.3 is 14.5 Å². The van der Waals surface area contributed by atoms with Gasteiger partial charge in [0.1, 0.15) is 0 Å². The molecule has 6 heteroatoms. The lowest BCUT2D eigenvalue weighted by molar-refractivity contribution is 0.0871. The first-order valence-corrected chi connectivity index (χ1v) is 8.29. The molecule has 1 saturated heterocycles. The van der Waals surface area contributed by atoms with Gasteiger partial charge in [0, 0.05) is 32.3 Å². The van der Waals surface area contributed by atoms with E-state index in [2.05, 4.69) is 26.1 Å². The smallest absolute Gasteiger partial charge is 0.256 e. The van der Waals surface area contributed by atoms with Gasteiger partial charge in [0.2, 0.25) is 0 Å². The van der Waals surface area contributed by atoms with E-state index in [0.717, 1.165) is 38.8 Å². The second kappa shape index (κ2) is 6.50. The van der Waals surface area contributed by atoms with Crippen LogP contribution in [0.15, 0.2) is 21.4 Å². The number of carbonyl (C=O) groups is 1. The van der Waals surface area contributed by atoms with E-state index >= 15 is 0 Å². The lowest BCUT2D eigenvalue weighted by Gasteiger charge is -2.29. The molecular weight excluding hydrogens is 336 g/mol. The lowest BCUT2D eigenvalue weighted by Crippen LogP contribution is -2.48. The molecule has 0 spiro atoms. The molecule has 2 heterocycles. The number of furan rings is 1. The molecule has 1 unspecified atom stereocenters. The number of hydrogen-bond acceptors (Lipinski definition) is 4. The van der Waals surface area contributed by atoms with E-state index in [0.29, 0.717) is 22.4 Å². The lowest BCUT2D eigenvalue weighted by atomic mass is 10.1. The van der Waals surface area contributed by atoms with E-state index < -0.39 is 0 Å². The van der Waals surface area contributed by atoms with Crippen LogP contribution in [0.4, 0.5) is 0 Å². The largest absolute Gasteiger partial charge is 0.457 e. The minimum Gasteiger partial charge on any atom is -0.457 e. The predicted octanol–water partition coefficient (Wildman–Crippen LogP) is 2.41. The van der Waals surface area contributed by atoms with Gasteiger partial charge in [0.25, 0.3) is 5.91 Å². The van der Waals surface area contributed by atoms with Gasteiger partial charge in [-0.15, -0.1) is 0 Å². The molecule has 1 amide bonds. The van der Waals surface area contributed by atoms with E-state index in [1.165, 1.54) is 6.26 Å². The Morgan fingerprint density at radius 3 is 3.00 bits per heavy atom. The number of halogens is 1. The third-order valence-electron chi connectivity index (χ3n) is 4.64. The Morgan fingerprint density at radius 2 is 2.33 bits per heavy atom. The number of methoxy groups -OCH3 is 1. The number of amides is 1. The average Bonchev–Trinajstić information content (AvgIpc) is 3.17. The summed E-state index contributed by atoms with van der Waals surface area (Å²) in [5.41, 5.74) is 0.567. The summed E-state index contributed by atoms with van der Waals surface area (Å²) in [6, 6.07) is 2.34. The fourth-order valence-corrected chi connectivity index (χ4v) is 3.92. The maximum atomic E-state index is 12.3. The molecule has 0 aromatic carbocycles. The number of nitrogens with zero attached hydrogens (tertiary/aromatic N) is 1. The van der Waals surface area contributed by atoms with Crippen LogP contribution in [-0.2, 0) is 4.74 Å². The van der Waals surface area contributed by atoms with Gasteiger partial charge in [-0.3, -0.25) is 9.69 Å². The minimum atomic E-state index is -0.0602. The Bertz CT molecular complexity index is 505. The van der Waals surface area contributed by atoms with Crippen LogP contribution in [0.5, 0.6) is 0 Å². The molecule has 2 fully saturated rings. The summed E-state index contributed by atoms with van der Waals surface area (Å²) < 4.78 is 11.1. The number of ether oxygens (including phenoxy) is 1. The van der Waals surface area contributed by atoms with Crippen LogP contribution in [-0.4, -0.2) is 49.2 Å². The molecule has 5 nitrogen and oxygen atoms in total. The molecule has 1 saturated carbocycles. The zero-order chi connectivity index (χ0) is 14.8. The monoisotopic (exact) mass is 356 g/mol. The van der Waals surface area contributed by atoms with Crippen molar-refractivity contribution >= 4 is 21.8 Å². The maximum Gasteiger partial charge on any atom is 0.256 e.